The fraction of sp³-hybridized carbons (Fsp3) is 0.538. The highest BCUT2D eigenvalue weighted by molar-refractivity contribution is 8.00. The van der Waals surface area contributed by atoms with Crippen LogP contribution in [-0.4, -0.2) is 24.1 Å². The van der Waals surface area contributed by atoms with E-state index in [-0.39, 0.29) is 0 Å². The smallest absolute Gasteiger partial charge is 0.0396 e. The van der Waals surface area contributed by atoms with Gasteiger partial charge in [0.05, 0.1) is 0 Å². The van der Waals surface area contributed by atoms with Crippen LogP contribution in [0.2, 0.25) is 0 Å². The van der Waals surface area contributed by atoms with Crippen LogP contribution in [-0.2, 0) is 6.54 Å². The monoisotopic (exact) mass is 236 g/mol. The highest BCUT2D eigenvalue weighted by Gasteiger charge is 2.18. The van der Waals surface area contributed by atoms with Crippen molar-refractivity contribution >= 4 is 17.4 Å². The van der Waals surface area contributed by atoms with E-state index < -0.39 is 0 Å². The van der Waals surface area contributed by atoms with Gasteiger partial charge in [-0.05, 0) is 24.1 Å². The molecule has 2 rings (SSSR count). The van der Waals surface area contributed by atoms with E-state index in [2.05, 4.69) is 48.7 Å². The molecule has 1 heterocycles. The molecule has 0 aromatic heterocycles. The van der Waals surface area contributed by atoms with Crippen LogP contribution in [0.5, 0.6) is 0 Å². The van der Waals surface area contributed by atoms with Crippen molar-refractivity contribution in [3.63, 3.8) is 0 Å². The number of rotatable bonds is 2. The number of nitrogens with zero attached hydrogens (tertiary/aromatic N) is 1. The predicted octanol–water partition coefficient (Wildman–Crippen LogP) is 2.40. The normalized spacial score (nSPS) is 21.2. The molecule has 1 aromatic carbocycles. The Balaban J connectivity index is 2.19. The van der Waals surface area contributed by atoms with Gasteiger partial charge < -0.3 is 10.6 Å². The van der Waals surface area contributed by atoms with Crippen molar-refractivity contribution in [1.29, 1.82) is 0 Å². The summed E-state index contributed by atoms with van der Waals surface area (Å²) in [4.78, 5) is 2.50. The Morgan fingerprint density at radius 1 is 1.50 bits per heavy atom. The third kappa shape index (κ3) is 2.53. The van der Waals surface area contributed by atoms with E-state index in [0.717, 1.165) is 18.3 Å². The Bertz CT molecular complexity index is 365. The van der Waals surface area contributed by atoms with Crippen LogP contribution < -0.4 is 10.6 Å². The van der Waals surface area contributed by atoms with Crippen molar-refractivity contribution in [2.24, 2.45) is 5.73 Å². The molecular formula is C13H20N2S. The lowest BCUT2D eigenvalue weighted by atomic mass is 10.1. The van der Waals surface area contributed by atoms with Gasteiger partial charge in [0.1, 0.15) is 0 Å². The van der Waals surface area contributed by atoms with Crippen molar-refractivity contribution < 1.29 is 0 Å². The number of hydrogen-bond acceptors (Lipinski definition) is 3. The molecule has 0 aliphatic carbocycles. The summed E-state index contributed by atoms with van der Waals surface area (Å²) in [7, 11) is 0. The first-order valence-corrected chi connectivity index (χ1v) is 6.91. The maximum Gasteiger partial charge on any atom is 0.0396 e. The SMILES string of the molecule is Cc1cc(CN)ccc1N1CCSC(C)C1. The van der Waals surface area contributed by atoms with E-state index in [4.69, 9.17) is 5.73 Å². The first-order valence-electron chi connectivity index (χ1n) is 5.87. The Hall–Kier alpha value is -0.670. The summed E-state index contributed by atoms with van der Waals surface area (Å²) in [5.41, 5.74) is 9.60. The van der Waals surface area contributed by atoms with E-state index in [1.54, 1.807) is 0 Å². The van der Waals surface area contributed by atoms with Crippen molar-refractivity contribution in [2.45, 2.75) is 25.6 Å². The zero-order chi connectivity index (χ0) is 11.5. The Morgan fingerprint density at radius 2 is 2.31 bits per heavy atom. The van der Waals surface area contributed by atoms with Crippen LogP contribution in [0, 0.1) is 6.92 Å². The molecule has 1 fully saturated rings. The van der Waals surface area contributed by atoms with Crippen LogP contribution in [0.4, 0.5) is 5.69 Å². The standard InChI is InChI=1S/C13H20N2S/c1-10-7-12(8-14)3-4-13(10)15-5-6-16-11(2)9-15/h3-4,7,11H,5-6,8-9,14H2,1-2H3. The molecule has 16 heavy (non-hydrogen) atoms. The highest BCUT2D eigenvalue weighted by atomic mass is 32.2. The second-order valence-electron chi connectivity index (χ2n) is 4.45. The molecule has 1 saturated heterocycles. The van der Waals surface area contributed by atoms with Gasteiger partial charge in [-0.1, -0.05) is 19.1 Å². The van der Waals surface area contributed by atoms with Gasteiger partial charge in [0.15, 0.2) is 0 Å². The largest absolute Gasteiger partial charge is 0.369 e. The molecule has 88 valence electrons. The second kappa shape index (κ2) is 5.11. The molecule has 0 spiro atoms. The maximum atomic E-state index is 5.65. The number of nitrogens with two attached hydrogens (primary N) is 1. The lowest BCUT2D eigenvalue weighted by Gasteiger charge is -2.33. The molecule has 2 nitrogen and oxygen atoms in total. The van der Waals surface area contributed by atoms with Crippen LogP contribution in [0.25, 0.3) is 0 Å². The van der Waals surface area contributed by atoms with Crippen LogP contribution in [0.1, 0.15) is 18.1 Å². The predicted molar refractivity (Wildman–Crippen MR) is 73.2 cm³/mol. The molecule has 2 N–H and O–H groups in total. The molecule has 0 amide bonds. The number of benzene rings is 1. The topological polar surface area (TPSA) is 29.3 Å². The second-order valence-corrected chi connectivity index (χ2v) is 6.00. The van der Waals surface area contributed by atoms with Gasteiger partial charge >= 0.3 is 0 Å². The van der Waals surface area contributed by atoms with E-state index in [1.165, 1.54) is 22.6 Å². The zero-order valence-electron chi connectivity index (χ0n) is 10.1. The quantitative estimate of drug-likeness (QED) is 0.855. The van der Waals surface area contributed by atoms with Gasteiger partial charge in [0.2, 0.25) is 0 Å². The van der Waals surface area contributed by atoms with Crippen LogP contribution >= 0.6 is 11.8 Å². The fourth-order valence-electron chi connectivity index (χ4n) is 2.24. The van der Waals surface area contributed by atoms with Crippen molar-refractivity contribution in [3.05, 3.63) is 29.3 Å². The molecule has 0 bridgehead atoms. The molecule has 1 aliphatic heterocycles. The molecule has 1 unspecified atom stereocenters. The average Bonchev–Trinajstić information content (AvgIpc) is 2.28. The third-order valence-corrected chi connectivity index (χ3v) is 4.22. The first-order chi connectivity index (χ1) is 7.70. The minimum absolute atomic E-state index is 0.632. The van der Waals surface area contributed by atoms with E-state index >= 15 is 0 Å². The Morgan fingerprint density at radius 3 is 2.94 bits per heavy atom. The minimum Gasteiger partial charge on any atom is -0.369 e. The van der Waals surface area contributed by atoms with Crippen LogP contribution in [0.3, 0.4) is 0 Å². The van der Waals surface area contributed by atoms with Gasteiger partial charge in [0.25, 0.3) is 0 Å². The molecule has 0 saturated carbocycles. The van der Waals surface area contributed by atoms with E-state index in [1.807, 2.05) is 0 Å². The molecule has 1 aromatic rings. The summed E-state index contributed by atoms with van der Waals surface area (Å²) in [6.07, 6.45) is 0. The summed E-state index contributed by atoms with van der Waals surface area (Å²) in [5.74, 6) is 1.24. The first kappa shape index (κ1) is 11.8. The maximum absolute atomic E-state index is 5.65. The zero-order valence-corrected chi connectivity index (χ0v) is 10.9. The van der Waals surface area contributed by atoms with Crippen molar-refractivity contribution in [2.75, 3.05) is 23.7 Å². The fourth-order valence-corrected chi connectivity index (χ4v) is 3.25. The van der Waals surface area contributed by atoms with Gasteiger partial charge in [-0.15, -0.1) is 0 Å². The summed E-state index contributed by atoms with van der Waals surface area (Å²) in [6, 6.07) is 6.58. The lowest BCUT2D eigenvalue weighted by Crippen LogP contribution is -2.37. The van der Waals surface area contributed by atoms with Crippen molar-refractivity contribution in [1.82, 2.24) is 0 Å². The summed E-state index contributed by atoms with van der Waals surface area (Å²) in [6.45, 7) is 7.44. The number of aryl methyl sites for hydroxylation is 1. The van der Waals surface area contributed by atoms with E-state index in [0.29, 0.717) is 6.54 Å². The molecule has 3 heteroatoms. The molecule has 1 atom stereocenters. The Labute approximate surface area is 102 Å². The number of hydrogen-bond donors (Lipinski definition) is 1. The average molecular weight is 236 g/mol. The summed E-state index contributed by atoms with van der Waals surface area (Å²) in [5, 5.41) is 0.738. The van der Waals surface area contributed by atoms with Gasteiger partial charge in [-0.25, -0.2) is 0 Å². The number of anilines is 1. The third-order valence-electron chi connectivity index (χ3n) is 3.08. The molecule has 0 radical (unpaired) electrons. The van der Waals surface area contributed by atoms with Crippen molar-refractivity contribution in [3.8, 4) is 0 Å². The minimum atomic E-state index is 0.632. The molecular weight excluding hydrogens is 216 g/mol. The highest BCUT2D eigenvalue weighted by Crippen LogP contribution is 2.26. The summed E-state index contributed by atoms with van der Waals surface area (Å²) < 4.78 is 0. The lowest BCUT2D eigenvalue weighted by molar-refractivity contribution is 0.780. The Kier molecular flexibility index (Phi) is 3.77. The number of thioether (sulfide) groups is 1. The molecule has 1 aliphatic rings. The van der Waals surface area contributed by atoms with Gasteiger partial charge in [-0.3, -0.25) is 0 Å². The van der Waals surface area contributed by atoms with Gasteiger partial charge in [0, 0.05) is 36.3 Å². The van der Waals surface area contributed by atoms with Crippen LogP contribution in [0.15, 0.2) is 18.2 Å². The van der Waals surface area contributed by atoms with Gasteiger partial charge in [-0.2, -0.15) is 11.8 Å². The van der Waals surface area contributed by atoms with E-state index in [9.17, 15) is 0 Å². The summed E-state index contributed by atoms with van der Waals surface area (Å²) >= 11 is 2.07.